The molecule has 0 fully saturated rings. The Kier molecular flexibility index (Phi) is 6.51. The Bertz CT molecular complexity index is 1490. The topological polar surface area (TPSA) is 120 Å². The largest absolute Gasteiger partial charge is 0.493 e. The van der Waals surface area contributed by atoms with Crippen molar-refractivity contribution in [3.63, 3.8) is 0 Å². The summed E-state index contributed by atoms with van der Waals surface area (Å²) in [5.41, 5.74) is 4.15. The molecular formula is C27H24N4O6. The second kappa shape index (κ2) is 10.1. The van der Waals surface area contributed by atoms with Crippen LogP contribution in [0.5, 0.6) is 17.4 Å². The number of carbonyl (C=O) groups is 1. The van der Waals surface area contributed by atoms with Gasteiger partial charge in [-0.25, -0.2) is 9.78 Å². The number of ether oxygens (including phenoxy) is 4. The molecule has 37 heavy (non-hydrogen) atoms. The number of carbonyl (C=O) groups excluding carboxylic acids is 1. The third kappa shape index (κ3) is 4.59. The summed E-state index contributed by atoms with van der Waals surface area (Å²) in [5.74, 6) is 1.20. The van der Waals surface area contributed by atoms with Crippen LogP contribution in [0.1, 0.15) is 22.3 Å². The zero-order valence-electron chi connectivity index (χ0n) is 20.6. The van der Waals surface area contributed by atoms with Gasteiger partial charge in [0.05, 0.1) is 33.0 Å². The van der Waals surface area contributed by atoms with E-state index < -0.39 is 12.0 Å². The van der Waals surface area contributed by atoms with Crippen molar-refractivity contribution in [1.29, 1.82) is 5.26 Å². The number of pyridine rings is 1. The smallest absolute Gasteiger partial charge is 0.329 e. The van der Waals surface area contributed by atoms with Crippen molar-refractivity contribution in [2.75, 3.05) is 26.2 Å². The van der Waals surface area contributed by atoms with Gasteiger partial charge in [-0.05, 0) is 29.8 Å². The second-order valence-corrected chi connectivity index (χ2v) is 8.39. The van der Waals surface area contributed by atoms with Crippen LogP contribution in [0, 0.1) is 11.3 Å². The average molecular weight is 501 g/mol. The third-order valence-electron chi connectivity index (χ3n) is 6.27. The minimum absolute atomic E-state index is 0.253. The highest BCUT2D eigenvalue weighted by atomic mass is 16.5. The van der Waals surface area contributed by atoms with Crippen LogP contribution in [0.4, 0.5) is 6.01 Å². The quantitative estimate of drug-likeness (QED) is 0.347. The van der Waals surface area contributed by atoms with E-state index >= 15 is 0 Å². The van der Waals surface area contributed by atoms with Gasteiger partial charge in [-0.1, -0.05) is 6.07 Å². The van der Waals surface area contributed by atoms with Crippen molar-refractivity contribution in [2.45, 2.75) is 25.6 Å². The van der Waals surface area contributed by atoms with Gasteiger partial charge in [0.2, 0.25) is 5.88 Å². The van der Waals surface area contributed by atoms with Crippen LogP contribution < -0.4 is 19.1 Å². The lowest BCUT2D eigenvalue weighted by Gasteiger charge is -2.35. The molecule has 2 aromatic carbocycles. The van der Waals surface area contributed by atoms with Crippen LogP contribution in [0.3, 0.4) is 0 Å². The van der Waals surface area contributed by atoms with Crippen molar-refractivity contribution < 1.29 is 28.2 Å². The molecule has 0 saturated heterocycles. The van der Waals surface area contributed by atoms with Gasteiger partial charge in [-0.2, -0.15) is 10.2 Å². The lowest BCUT2D eigenvalue weighted by atomic mass is 9.92. The molecule has 5 rings (SSSR count). The van der Waals surface area contributed by atoms with Gasteiger partial charge in [-0.15, -0.1) is 0 Å². The molecule has 0 unspecified atom stereocenters. The fourth-order valence-electron chi connectivity index (χ4n) is 4.36. The number of rotatable bonds is 7. The molecule has 1 aliphatic rings. The fourth-order valence-corrected chi connectivity index (χ4v) is 4.36. The molecule has 1 aliphatic heterocycles. The number of benzene rings is 2. The number of esters is 1. The Labute approximate surface area is 213 Å². The molecule has 4 aromatic rings. The number of nitrogens with zero attached hydrogens (tertiary/aromatic N) is 4. The Hall–Kier alpha value is -4.78. The molecule has 0 bridgehead atoms. The molecule has 0 N–H and O–H groups in total. The number of nitriles is 1. The van der Waals surface area contributed by atoms with Crippen LogP contribution in [-0.4, -0.2) is 43.3 Å². The van der Waals surface area contributed by atoms with E-state index in [9.17, 15) is 10.1 Å². The van der Waals surface area contributed by atoms with Crippen molar-refractivity contribution in [3.05, 3.63) is 70.9 Å². The number of anilines is 1. The zero-order valence-corrected chi connectivity index (χ0v) is 20.6. The Morgan fingerprint density at radius 1 is 1.16 bits per heavy atom. The number of hydrogen-bond acceptors (Lipinski definition) is 10. The predicted octanol–water partition coefficient (Wildman–Crippen LogP) is 3.79. The Morgan fingerprint density at radius 3 is 2.73 bits per heavy atom. The lowest BCUT2D eigenvalue weighted by Crippen LogP contribution is -2.46. The van der Waals surface area contributed by atoms with E-state index in [-0.39, 0.29) is 19.0 Å². The first kappa shape index (κ1) is 23.9. The highest BCUT2D eigenvalue weighted by Crippen LogP contribution is 2.40. The first-order valence-electron chi connectivity index (χ1n) is 11.5. The summed E-state index contributed by atoms with van der Waals surface area (Å²) in [5, 5.41) is 9.20. The molecule has 1 atom stereocenters. The SMILES string of the molecule is COC(=O)[C@@H]1Cc2c(ccc(OC)c2OCc2ccc(OC)nc2)CN1c1nc2ccc(C#N)cc2o1. The van der Waals surface area contributed by atoms with E-state index in [0.717, 1.165) is 16.7 Å². The van der Waals surface area contributed by atoms with Crippen molar-refractivity contribution in [1.82, 2.24) is 9.97 Å². The van der Waals surface area contributed by atoms with Crippen molar-refractivity contribution in [2.24, 2.45) is 0 Å². The molecule has 0 spiro atoms. The average Bonchev–Trinajstić information content (AvgIpc) is 3.38. The van der Waals surface area contributed by atoms with Crippen LogP contribution in [0.25, 0.3) is 11.1 Å². The second-order valence-electron chi connectivity index (χ2n) is 8.39. The Morgan fingerprint density at radius 2 is 2.03 bits per heavy atom. The number of fused-ring (bicyclic) bond motifs is 2. The highest BCUT2D eigenvalue weighted by molar-refractivity contribution is 5.82. The van der Waals surface area contributed by atoms with E-state index in [0.29, 0.717) is 40.6 Å². The maximum absolute atomic E-state index is 12.9. The van der Waals surface area contributed by atoms with E-state index in [1.54, 1.807) is 49.6 Å². The highest BCUT2D eigenvalue weighted by Gasteiger charge is 2.37. The number of aromatic nitrogens is 2. The molecular weight excluding hydrogens is 476 g/mol. The van der Waals surface area contributed by atoms with Gasteiger partial charge in [0.25, 0.3) is 6.01 Å². The summed E-state index contributed by atoms with van der Waals surface area (Å²) in [4.78, 5) is 23.5. The first-order valence-corrected chi connectivity index (χ1v) is 11.5. The van der Waals surface area contributed by atoms with Crippen LogP contribution in [-0.2, 0) is 29.1 Å². The van der Waals surface area contributed by atoms with E-state index in [1.165, 1.54) is 7.11 Å². The molecule has 0 amide bonds. The van der Waals surface area contributed by atoms with Crippen LogP contribution in [0.2, 0.25) is 0 Å². The van der Waals surface area contributed by atoms with E-state index in [4.69, 9.17) is 23.4 Å². The molecule has 0 radical (unpaired) electrons. The van der Waals surface area contributed by atoms with E-state index in [1.807, 2.05) is 18.2 Å². The molecule has 10 nitrogen and oxygen atoms in total. The first-order chi connectivity index (χ1) is 18.0. The van der Waals surface area contributed by atoms with Crippen molar-refractivity contribution >= 4 is 23.1 Å². The molecule has 3 heterocycles. The van der Waals surface area contributed by atoms with Crippen LogP contribution >= 0.6 is 0 Å². The zero-order chi connectivity index (χ0) is 25.9. The summed E-state index contributed by atoms with van der Waals surface area (Å²) in [6.07, 6.45) is 1.97. The maximum Gasteiger partial charge on any atom is 0.329 e. The van der Waals surface area contributed by atoms with Gasteiger partial charge in [0, 0.05) is 42.4 Å². The van der Waals surface area contributed by atoms with Gasteiger partial charge < -0.3 is 28.3 Å². The summed E-state index contributed by atoms with van der Waals surface area (Å²) in [7, 11) is 4.48. The van der Waals surface area contributed by atoms with Gasteiger partial charge >= 0.3 is 5.97 Å². The monoisotopic (exact) mass is 500 g/mol. The van der Waals surface area contributed by atoms with Gasteiger partial charge in [0.1, 0.15) is 18.2 Å². The lowest BCUT2D eigenvalue weighted by molar-refractivity contribution is -0.142. The summed E-state index contributed by atoms with van der Waals surface area (Å²) in [6, 6.07) is 14.1. The number of hydrogen-bond donors (Lipinski definition) is 0. The summed E-state index contributed by atoms with van der Waals surface area (Å²) >= 11 is 0. The molecule has 0 saturated carbocycles. The normalized spacial score (nSPS) is 14.5. The predicted molar refractivity (Wildman–Crippen MR) is 133 cm³/mol. The van der Waals surface area contributed by atoms with Crippen molar-refractivity contribution in [3.8, 4) is 23.4 Å². The maximum atomic E-state index is 12.9. The number of oxazole rings is 1. The van der Waals surface area contributed by atoms with Crippen LogP contribution in [0.15, 0.2) is 53.1 Å². The summed E-state index contributed by atoms with van der Waals surface area (Å²) in [6.45, 7) is 0.584. The summed E-state index contributed by atoms with van der Waals surface area (Å²) < 4.78 is 28.0. The number of methoxy groups -OCH3 is 3. The molecule has 10 heteroatoms. The minimum atomic E-state index is -0.710. The van der Waals surface area contributed by atoms with E-state index in [2.05, 4.69) is 16.0 Å². The van der Waals surface area contributed by atoms with Gasteiger partial charge in [0.15, 0.2) is 17.1 Å². The Balaban J connectivity index is 1.50. The molecule has 188 valence electrons. The standard InChI is InChI=1S/C27H24N4O6/c1-33-22-8-6-18-14-31(27-30-20-7-4-16(12-28)10-23(20)37-27)21(26(32)35-3)11-19(18)25(22)36-15-17-5-9-24(34-2)29-13-17/h4-10,13,21H,11,14-15H2,1-3H3/t21-/m0/s1. The third-order valence-corrected chi connectivity index (χ3v) is 6.27. The molecule has 0 aliphatic carbocycles. The minimum Gasteiger partial charge on any atom is -0.493 e. The molecule has 2 aromatic heterocycles. The fraction of sp³-hybridized carbons (Fsp3) is 0.259. The van der Waals surface area contributed by atoms with Gasteiger partial charge in [-0.3, -0.25) is 0 Å².